The molecule has 178 valence electrons. The maximum Gasteiger partial charge on any atom is 0.0806 e. The van der Waals surface area contributed by atoms with Crippen LogP contribution >= 0.6 is 0 Å². The van der Waals surface area contributed by atoms with Crippen molar-refractivity contribution in [2.45, 2.75) is 136 Å². The minimum absolute atomic E-state index is 0. The Labute approximate surface area is 202 Å². The van der Waals surface area contributed by atoms with Crippen LogP contribution in [0.4, 0.5) is 0 Å². The van der Waals surface area contributed by atoms with Gasteiger partial charge < -0.3 is 33.6 Å². The predicted molar refractivity (Wildman–Crippen MR) is 127 cm³/mol. The molecule has 0 saturated heterocycles. The van der Waals surface area contributed by atoms with E-state index in [2.05, 4.69) is 20.9 Å². The van der Waals surface area contributed by atoms with Crippen molar-refractivity contribution in [3.05, 3.63) is 0 Å². The lowest BCUT2D eigenvalue weighted by Gasteiger charge is -2.35. The average molecular weight is 526 g/mol. The van der Waals surface area contributed by atoms with Crippen LogP contribution in [0.25, 0.3) is 0 Å². The molecule has 1 N–H and O–H groups in total. The maximum atomic E-state index is 9.28. The van der Waals surface area contributed by atoms with Crippen LogP contribution in [0, 0.1) is 0 Å². The summed E-state index contributed by atoms with van der Waals surface area (Å²) in [6.07, 6.45) is 26.4. The van der Waals surface area contributed by atoms with Crippen LogP contribution < -0.4 is 24.0 Å². The molecule has 0 saturated carbocycles. The minimum Gasteiger partial charge on any atom is -1.00 e. The maximum absolute atomic E-state index is 9.28. The zero-order chi connectivity index (χ0) is 20.8. The fourth-order valence-corrected chi connectivity index (χ4v) is 4.40. The summed E-state index contributed by atoms with van der Waals surface area (Å²) in [5, 5.41) is 9.28. The molecule has 0 heterocycles. The summed E-state index contributed by atoms with van der Waals surface area (Å²) in [5.74, 6) is 0. The molecule has 0 atom stereocenters. The van der Waals surface area contributed by atoms with Crippen LogP contribution in [0.5, 0.6) is 0 Å². The number of hydrogen-bond acceptors (Lipinski definition) is 1. The molecular formula is C26H56INO. The minimum atomic E-state index is 0. The molecule has 0 radical (unpaired) electrons. The Kier molecular flexibility index (Phi) is 27.3. The molecule has 0 aromatic heterocycles. The zero-order valence-electron chi connectivity index (χ0n) is 20.5. The summed E-state index contributed by atoms with van der Waals surface area (Å²) in [6.45, 7) is 8.72. The summed E-state index contributed by atoms with van der Waals surface area (Å²) >= 11 is 0. The van der Waals surface area contributed by atoms with Gasteiger partial charge in [0.05, 0.1) is 26.7 Å². The van der Waals surface area contributed by atoms with Gasteiger partial charge in [-0.2, -0.15) is 0 Å². The van der Waals surface area contributed by atoms with E-state index < -0.39 is 0 Å². The normalized spacial score (nSPS) is 11.6. The molecule has 2 nitrogen and oxygen atoms in total. The number of unbranched alkanes of at least 4 members (excludes halogenated alkanes) is 16. The van der Waals surface area contributed by atoms with Crippen molar-refractivity contribution < 1.29 is 33.6 Å². The lowest BCUT2D eigenvalue weighted by atomic mass is 10.1. The Balaban J connectivity index is 0. The molecule has 0 aromatic rings. The second kappa shape index (κ2) is 24.9. The van der Waals surface area contributed by atoms with Gasteiger partial charge in [-0.3, -0.25) is 0 Å². The predicted octanol–water partition coefficient (Wildman–Crippen LogP) is 4.88. The molecule has 0 aliphatic rings. The van der Waals surface area contributed by atoms with Gasteiger partial charge in [0.25, 0.3) is 0 Å². The number of hydrogen-bond donors (Lipinski definition) is 1. The van der Waals surface area contributed by atoms with E-state index in [0.717, 1.165) is 13.0 Å². The molecule has 0 rings (SSSR count). The summed E-state index contributed by atoms with van der Waals surface area (Å²) in [6, 6.07) is 0. The quantitative estimate of drug-likeness (QED) is 0.115. The molecule has 0 spiro atoms. The monoisotopic (exact) mass is 525 g/mol. The van der Waals surface area contributed by atoms with E-state index in [0.29, 0.717) is 6.61 Å². The summed E-state index contributed by atoms with van der Waals surface area (Å²) in [7, 11) is 2.44. The van der Waals surface area contributed by atoms with Crippen molar-refractivity contribution in [2.24, 2.45) is 0 Å². The van der Waals surface area contributed by atoms with E-state index >= 15 is 0 Å². The Morgan fingerprint density at radius 2 is 0.724 bits per heavy atom. The van der Waals surface area contributed by atoms with Gasteiger partial charge in [0.1, 0.15) is 0 Å². The van der Waals surface area contributed by atoms with Crippen LogP contribution in [0.2, 0.25) is 0 Å². The van der Waals surface area contributed by atoms with Crippen LogP contribution in [0.1, 0.15) is 136 Å². The standard InChI is InChI=1S/C26H56NO.HI/c1-4-6-8-10-12-14-16-18-20-23-27(3,25-22-26-28)24-21-19-17-15-13-11-9-7-5-2;/h28H,4-26H2,1-3H3;1H/q+1;/p-1. The molecule has 29 heavy (non-hydrogen) atoms. The van der Waals surface area contributed by atoms with Gasteiger partial charge >= 0.3 is 0 Å². The van der Waals surface area contributed by atoms with Crippen molar-refractivity contribution >= 4 is 0 Å². The Hall–Kier alpha value is 0.650. The number of quaternary nitrogens is 1. The van der Waals surface area contributed by atoms with Gasteiger partial charge in [-0.25, -0.2) is 0 Å². The lowest BCUT2D eigenvalue weighted by molar-refractivity contribution is -0.910. The molecule has 0 aliphatic heterocycles. The van der Waals surface area contributed by atoms with Crippen molar-refractivity contribution in [3.8, 4) is 0 Å². The Morgan fingerprint density at radius 3 is 1.03 bits per heavy atom. The number of aliphatic hydroxyl groups excluding tert-OH is 1. The van der Waals surface area contributed by atoms with Crippen molar-refractivity contribution in [2.75, 3.05) is 33.3 Å². The highest BCUT2D eigenvalue weighted by Gasteiger charge is 2.19. The first kappa shape index (κ1) is 31.8. The van der Waals surface area contributed by atoms with E-state index in [1.807, 2.05) is 0 Å². The SMILES string of the molecule is CCCCCCCCCCC[N+](C)(CCCO)CCCCCCCCCCC.[I-]. The van der Waals surface area contributed by atoms with Crippen LogP contribution in [0.3, 0.4) is 0 Å². The first-order chi connectivity index (χ1) is 13.7. The number of aliphatic hydroxyl groups is 1. The van der Waals surface area contributed by atoms with Crippen LogP contribution in [-0.4, -0.2) is 42.9 Å². The third-order valence-electron chi connectivity index (χ3n) is 6.46. The van der Waals surface area contributed by atoms with Crippen molar-refractivity contribution in [1.82, 2.24) is 0 Å². The van der Waals surface area contributed by atoms with Gasteiger partial charge in [-0.1, -0.05) is 104 Å². The van der Waals surface area contributed by atoms with Gasteiger partial charge in [0.15, 0.2) is 0 Å². The van der Waals surface area contributed by atoms with E-state index in [1.165, 1.54) is 133 Å². The van der Waals surface area contributed by atoms with Gasteiger partial charge in [0.2, 0.25) is 0 Å². The van der Waals surface area contributed by atoms with E-state index in [4.69, 9.17) is 0 Å². The molecule has 0 aromatic carbocycles. The lowest BCUT2D eigenvalue weighted by Crippen LogP contribution is -3.00. The molecule has 0 unspecified atom stereocenters. The molecule has 0 bridgehead atoms. The molecule has 0 aliphatic carbocycles. The first-order valence-corrected chi connectivity index (χ1v) is 13.1. The largest absolute Gasteiger partial charge is 1.00 e. The van der Waals surface area contributed by atoms with Crippen molar-refractivity contribution in [1.29, 1.82) is 0 Å². The third kappa shape index (κ3) is 23.1. The molecule has 0 amide bonds. The second-order valence-corrected chi connectivity index (χ2v) is 9.52. The molecular weight excluding hydrogens is 469 g/mol. The van der Waals surface area contributed by atoms with Crippen LogP contribution in [0.15, 0.2) is 0 Å². The van der Waals surface area contributed by atoms with Gasteiger partial charge in [-0.05, 0) is 25.7 Å². The average Bonchev–Trinajstić information content (AvgIpc) is 2.70. The summed E-state index contributed by atoms with van der Waals surface area (Å²) in [5.41, 5.74) is 0. The third-order valence-corrected chi connectivity index (χ3v) is 6.46. The van der Waals surface area contributed by atoms with Crippen molar-refractivity contribution in [3.63, 3.8) is 0 Å². The smallest absolute Gasteiger partial charge is 0.0806 e. The highest BCUT2D eigenvalue weighted by atomic mass is 127. The van der Waals surface area contributed by atoms with E-state index in [1.54, 1.807) is 0 Å². The fourth-order valence-electron chi connectivity index (χ4n) is 4.40. The number of rotatable bonds is 23. The highest BCUT2D eigenvalue weighted by Crippen LogP contribution is 2.15. The topological polar surface area (TPSA) is 20.2 Å². The Morgan fingerprint density at radius 1 is 0.448 bits per heavy atom. The summed E-state index contributed by atoms with van der Waals surface area (Å²) < 4.78 is 1.19. The summed E-state index contributed by atoms with van der Waals surface area (Å²) in [4.78, 5) is 0. The fraction of sp³-hybridized carbons (Fsp3) is 1.00. The van der Waals surface area contributed by atoms with Crippen LogP contribution in [-0.2, 0) is 0 Å². The van der Waals surface area contributed by atoms with E-state index in [-0.39, 0.29) is 24.0 Å². The van der Waals surface area contributed by atoms with E-state index in [9.17, 15) is 5.11 Å². The molecule has 3 heteroatoms. The Bertz CT molecular complexity index is 276. The number of nitrogens with zero attached hydrogens (tertiary/aromatic N) is 1. The van der Waals surface area contributed by atoms with Gasteiger partial charge in [-0.15, -0.1) is 0 Å². The number of halogens is 1. The first-order valence-electron chi connectivity index (χ1n) is 13.1. The zero-order valence-corrected chi connectivity index (χ0v) is 22.7. The highest BCUT2D eigenvalue weighted by molar-refractivity contribution is 4.51. The second-order valence-electron chi connectivity index (χ2n) is 9.52. The molecule has 0 fully saturated rings. The van der Waals surface area contributed by atoms with Gasteiger partial charge in [0, 0.05) is 13.0 Å².